The molecule has 1 aromatic heterocycles. The Morgan fingerprint density at radius 1 is 1.22 bits per heavy atom. The number of hydrogen-bond donors (Lipinski definition) is 1. The maximum atomic E-state index is 12.4. The van der Waals surface area contributed by atoms with Gasteiger partial charge in [-0.1, -0.05) is 18.2 Å². The van der Waals surface area contributed by atoms with Gasteiger partial charge in [-0.15, -0.1) is 0 Å². The summed E-state index contributed by atoms with van der Waals surface area (Å²) in [5, 5.41) is 0. The number of hydrogen-bond acceptors (Lipinski definition) is 4. The molecule has 1 fully saturated rings. The number of rotatable bonds is 5. The fourth-order valence-corrected chi connectivity index (χ4v) is 4.49. The van der Waals surface area contributed by atoms with E-state index in [2.05, 4.69) is 0 Å². The van der Waals surface area contributed by atoms with Crippen LogP contribution < -0.4 is 5.73 Å². The molecule has 3 rings (SSSR count). The first-order valence-corrected chi connectivity index (χ1v) is 10.2. The molecule has 1 aromatic carbocycles. The number of pyridine rings is 1. The normalized spacial score (nSPS) is 18.6. The Morgan fingerprint density at radius 2 is 1.96 bits per heavy atom. The highest BCUT2D eigenvalue weighted by atomic mass is 32.2. The van der Waals surface area contributed by atoms with Crippen molar-refractivity contribution in [2.45, 2.75) is 18.8 Å². The number of nitrogens with zero attached hydrogens (tertiary/aromatic N) is 3. The van der Waals surface area contributed by atoms with Gasteiger partial charge in [0.1, 0.15) is 0 Å². The SMILES string of the molecule is CN(C)S(=O)(=O)N1CCC[C@@H](c2cccc(-c3cccc(C(N)=O)c3)n2)C1. The van der Waals surface area contributed by atoms with E-state index in [1.807, 2.05) is 24.3 Å². The molecule has 27 heavy (non-hydrogen) atoms. The van der Waals surface area contributed by atoms with Gasteiger partial charge >= 0.3 is 0 Å². The lowest BCUT2D eigenvalue weighted by Gasteiger charge is -2.33. The topological polar surface area (TPSA) is 96.6 Å². The fourth-order valence-electron chi connectivity index (χ4n) is 3.30. The molecule has 1 atom stereocenters. The molecule has 0 saturated carbocycles. The maximum Gasteiger partial charge on any atom is 0.281 e. The Bertz CT molecular complexity index is 943. The number of carbonyl (C=O) groups excluding carboxylic acids is 1. The third-order valence-electron chi connectivity index (χ3n) is 4.80. The zero-order valence-corrected chi connectivity index (χ0v) is 16.3. The van der Waals surface area contributed by atoms with Crippen LogP contribution in [0.5, 0.6) is 0 Å². The van der Waals surface area contributed by atoms with E-state index in [-0.39, 0.29) is 5.92 Å². The van der Waals surface area contributed by atoms with Gasteiger partial charge < -0.3 is 5.73 Å². The number of aromatic nitrogens is 1. The van der Waals surface area contributed by atoms with Crippen molar-refractivity contribution < 1.29 is 13.2 Å². The highest BCUT2D eigenvalue weighted by molar-refractivity contribution is 7.86. The molecule has 2 aromatic rings. The van der Waals surface area contributed by atoms with Crippen LogP contribution in [0.1, 0.15) is 34.8 Å². The Balaban J connectivity index is 1.87. The second-order valence-electron chi connectivity index (χ2n) is 6.88. The van der Waals surface area contributed by atoms with Crippen LogP contribution in [-0.2, 0) is 10.2 Å². The van der Waals surface area contributed by atoms with Crippen LogP contribution in [0.3, 0.4) is 0 Å². The van der Waals surface area contributed by atoms with Crippen molar-refractivity contribution in [2.75, 3.05) is 27.2 Å². The van der Waals surface area contributed by atoms with Crippen LogP contribution in [0.2, 0.25) is 0 Å². The minimum atomic E-state index is -3.43. The van der Waals surface area contributed by atoms with E-state index in [4.69, 9.17) is 10.7 Å². The molecule has 0 spiro atoms. The summed E-state index contributed by atoms with van der Waals surface area (Å²) in [6, 6.07) is 12.8. The van der Waals surface area contributed by atoms with E-state index >= 15 is 0 Å². The molecule has 1 amide bonds. The van der Waals surface area contributed by atoms with Gasteiger partial charge in [0.2, 0.25) is 5.91 Å². The van der Waals surface area contributed by atoms with Crippen molar-refractivity contribution in [2.24, 2.45) is 5.73 Å². The molecule has 144 valence electrons. The van der Waals surface area contributed by atoms with Crippen LogP contribution in [0.4, 0.5) is 0 Å². The molecule has 8 heteroatoms. The van der Waals surface area contributed by atoms with Crippen LogP contribution in [-0.4, -0.2) is 55.1 Å². The Kier molecular flexibility index (Phi) is 5.59. The van der Waals surface area contributed by atoms with E-state index < -0.39 is 16.1 Å². The molecule has 0 bridgehead atoms. The highest BCUT2D eigenvalue weighted by Crippen LogP contribution is 2.29. The maximum absolute atomic E-state index is 12.4. The van der Waals surface area contributed by atoms with Crippen molar-refractivity contribution in [3.8, 4) is 11.3 Å². The highest BCUT2D eigenvalue weighted by Gasteiger charge is 2.31. The minimum absolute atomic E-state index is 0.0350. The molecule has 1 aliphatic rings. The van der Waals surface area contributed by atoms with Gasteiger partial charge in [-0.2, -0.15) is 17.0 Å². The quantitative estimate of drug-likeness (QED) is 0.845. The van der Waals surface area contributed by atoms with E-state index in [0.717, 1.165) is 29.8 Å². The number of carbonyl (C=O) groups is 1. The minimum Gasteiger partial charge on any atom is -0.366 e. The van der Waals surface area contributed by atoms with E-state index in [1.165, 1.54) is 8.61 Å². The van der Waals surface area contributed by atoms with Gasteiger partial charge in [0.05, 0.1) is 5.69 Å². The lowest BCUT2D eigenvalue weighted by molar-refractivity contribution is 0.100. The summed E-state index contributed by atoms with van der Waals surface area (Å²) in [5.41, 5.74) is 8.20. The molecule has 1 aliphatic heterocycles. The van der Waals surface area contributed by atoms with Gasteiger partial charge in [-0.25, -0.2) is 0 Å². The van der Waals surface area contributed by atoms with Crippen LogP contribution in [0, 0.1) is 0 Å². The molecule has 0 radical (unpaired) electrons. The predicted molar refractivity (Wildman–Crippen MR) is 104 cm³/mol. The summed E-state index contributed by atoms with van der Waals surface area (Å²) in [6.45, 7) is 0.940. The number of primary amides is 1. The van der Waals surface area contributed by atoms with Crippen LogP contribution in [0.15, 0.2) is 42.5 Å². The van der Waals surface area contributed by atoms with Crippen molar-refractivity contribution in [3.05, 3.63) is 53.7 Å². The second-order valence-corrected chi connectivity index (χ2v) is 9.02. The van der Waals surface area contributed by atoms with Crippen LogP contribution in [0.25, 0.3) is 11.3 Å². The van der Waals surface area contributed by atoms with Gasteiger partial charge in [-0.3, -0.25) is 9.78 Å². The molecule has 0 aliphatic carbocycles. The van der Waals surface area contributed by atoms with Crippen molar-refractivity contribution in [3.63, 3.8) is 0 Å². The average molecular weight is 388 g/mol. The molecule has 2 heterocycles. The number of amides is 1. The lowest BCUT2D eigenvalue weighted by atomic mass is 9.95. The summed E-state index contributed by atoms with van der Waals surface area (Å²) < 4.78 is 27.6. The second kappa shape index (κ2) is 7.75. The Labute approximate surface area is 160 Å². The molecule has 7 nitrogen and oxygen atoms in total. The summed E-state index contributed by atoms with van der Waals surface area (Å²) in [6.07, 6.45) is 1.68. The zero-order chi connectivity index (χ0) is 19.6. The monoisotopic (exact) mass is 388 g/mol. The van der Waals surface area contributed by atoms with Gasteiger partial charge in [-0.05, 0) is 37.1 Å². The summed E-state index contributed by atoms with van der Waals surface area (Å²) >= 11 is 0. The van der Waals surface area contributed by atoms with Crippen molar-refractivity contribution in [1.29, 1.82) is 0 Å². The molecule has 2 N–H and O–H groups in total. The van der Waals surface area contributed by atoms with Crippen molar-refractivity contribution >= 4 is 16.1 Å². The molecular formula is C19H24N4O3S. The lowest BCUT2D eigenvalue weighted by Crippen LogP contribution is -2.45. The smallest absolute Gasteiger partial charge is 0.281 e. The largest absolute Gasteiger partial charge is 0.366 e. The fraction of sp³-hybridized carbons (Fsp3) is 0.368. The van der Waals surface area contributed by atoms with Gasteiger partial charge in [0.15, 0.2) is 0 Å². The van der Waals surface area contributed by atoms with E-state index in [0.29, 0.717) is 18.7 Å². The number of piperidine rings is 1. The average Bonchev–Trinajstić information content (AvgIpc) is 2.68. The van der Waals surface area contributed by atoms with Gasteiger partial charge in [0, 0.05) is 49.9 Å². The van der Waals surface area contributed by atoms with Crippen molar-refractivity contribution in [1.82, 2.24) is 13.6 Å². The summed E-state index contributed by atoms with van der Waals surface area (Å²) in [5.74, 6) is -0.447. The summed E-state index contributed by atoms with van der Waals surface area (Å²) in [4.78, 5) is 16.2. The summed E-state index contributed by atoms with van der Waals surface area (Å²) in [7, 11) is -0.340. The number of nitrogens with two attached hydrogens (primary N) is 1. The first kappa shape index (κ1) is 19.5. The molecular weight excluding hydrogens is 364 g/mol. The zero-order valence-electron chi connectivity index (χ0n) is 15.5. The molecule has 0 unspecified atom stereocenters. The first-order chi connectivity index (χ1) is 12.8. The Morgan fingerprint density at radius 3 is 2.67 bits per heavy atom. The van der Waals surface area contributed by atoms with E-state index in [1.54, 1.807) is 32.3 Å². The van der Waals surface area contributed by atoms with E-state index in [9.17, 15) is 13.2 Å². The van der Waals surface area contributed by atoms with Gasteiger partial charge in [0.25, 0.3) is 10.2 Å². The Hall–Kier alpha value is -2.29. The third-order valence-corrected chi connectivity index (χ3v) is 6.71. The number of benzene rings is 1. The third kappa shape index (κ3) is 4.18. The standard InChI is InChI=1S/C19H24N4O3S/c1-22(2)27(25,26)23-11-5-8-16(13-23)18-10-4-9-17(21-18)14-6-3-7-15(12-14)19(20)24/h3-4,6-7,9-10,12,16H,5,8,11,13H2,1-2H3,(H2,20,24)/t16-/m1/s1. The first-order valence-electron chi connectivity index (χ1n) is 8.84. The predicted octanol–water partition coefficient (Wildman–Crippen LogP) is 1.83. The molecule has 1 saturated heterocycles. The van der Waals surface area contributed by atoms with Crippen LogP contribution >= 0.6 is 0 Å².